The molecule has 1 aromatic rings. The fourth-order valence-electron chi connectivity index (χ4n) is 0.584. The van der Waals surface area contributed by atoms with E-state index in [1.165, 1.54) is 10.9 Å². The van der Waals surface area contributed by atoms with Crippen LogP contribution in [0.2, 0.25) is 0 Å². The predicted octanol–water partition coefficient (Wildman–Crippen LogP) is -3.86. The van der Waals surface area contributed by atoms with Gasteiger partial charge in [-0.1, -0.05) is 13.8 Å². The van der Waals surface area contributed by atoms with Crippen molar-refractivity contribution in [2.24, 2.45) is 0 Å². The van der Waals surface area contributed by atoms with Crippen molar-refractivity contribution >= 4 is 8.19 Å². The summed E-state index contributed by atoms with van der Waals surface area (Å²) in [4.78, 5) is 0. The van der Waals surface area contributed by atoms with Gasteiger partial charge in [0.25, 0.3) is 0 Å². The largest absolute Gasteiger partial charge is 3.00 e. The van der Waals surface area contributed by atoms with Gasteiger partial charge in [0.1, 0.15) is 0 Å². The average molecular weight is 273 g/mol. The molecule has 0 aromatic carbocycles. The first kappa shape index (κ1) is 17.4. The van der Waals surface area contributed by atoms with E-state index >= 15 is 0 Å². The smallest absolute Gasteiger partial charge is 1.00 e. The molecule has 1 atom stereocenters. The fourth-order valence-corrected chi connectivity index (χ4v) is 1.36. The van der Waals surface area contributed by atoms with E-state index in [1.807, 2.05) is 0 Å². The van der Waals surface area contributed by atoms with Crippen LogP contribution in [-0.4, -0.2) is 0 Å². The first-order valence-electron chi connectivity index (χ1n) is 2.33. The summed E-state index contributed by atoms with van der Waals surface area (Å²) < 4.78 is 0. The molecule has 4 heteroatoms. The molecule has 1 radical (unpaired) electrons. The van der Waals surface area contributed by atoms with E-state index in [9.17, 15) is 0 Å². The number of halogens is 2. The third-order valence-electron chi connectivity index (χ3n) is 0.890. The maximum absolute atomic E-state index is 3.21. The summed E-state index contributed by atoms with van der Waals surface area (Å²) in [6, 6.07) is 3.21. The number of hydrogen-bond acceptors (Lipinski definition) is 0. The van der Waals surface area contributed by atoms with Crippen LogP contribution in [0, 0.1) is 19.9 Å². The molecule has 0 fully saturated rings. The van der Waals surface area contributed by atoms with Gasteiger partial charge in [-0.15, -0.1) is 5.30 Å². The van der Waals surface area contributed by atoms with Crippen LogP contribution in [0.1, 0.15) is 10.9 Å². The van der Waals surface area contributed by atoms with Gasteiger partial charge in [-0.05, 0) is 0 Å². The standard InChI is InChI=1S/C6H8P.2ClH.Zr/c1-5-3-6(2)7-4-5;;;/h4,7H,1-2H3;2*1H;/q-1;;;+3/p-2. The van der Waals surface area contributed by atoms with E-state index in [2.05, 4.69) is 25.7 Å². The Morgan fingerprint density at radius 3 is 1.90 bits per heavy atom. The van der Waals surface area contributed by atoms with Crippen LogP contribution in [0.3, 0.4) is 0 Å². The van der Waals surface area contributed by atoms with Gasteiger partial charge in [-0.25, -0.2) is 19.8 Å². The fraction of sp³-hybridized carbons (Fsp3) is 0.333. The van der Waals surface area contributed by atoms with Crippen molar-refractivity contribution in [2.75, 3.05) is 0 Å². The summed E-state index contributed by atoms with van der Waals surface area (Å²) >= 11 is 0. The van der Waals surface area contributed by atoms with E-state index in [1.54, 1.807) is 0 Å². The van der Waals surface area contributed by atoms with Crippen LogP contribution < -0.4 is 24.8 Å². The zero-order valence-electron chi connectivity index (χ0n) is 5.83. The molecule has 0 saturated heterocycles. The number of aryl methyl sites for hydroxylation is 2. The van der Waals surface area contributed by atoms with Crippen LogP contribution >= 0.6 is 8.19 Å². The molecule has 0 N–H and O–H groups in total. The minimum atomic E-state index is 0. The van der Waals surface area contributed by atoms with Gasteiger partial charge in [-0.2, -0.15) is 5.80 Å². The molecule has 0 bridgehead atoms. The van der Waals surface area contributed by atoms with Gasteiger partial charge < -0.3 is 24.8 Å². The Morgan fingerprint density at radius 2 is 1.80 bits per heavy atom. The van der Waals surface area contributed by atoms with E-state index in [0.29, 0.717) is 0 Å². The Bertz CT molecular complexity index is 148. The molecule has 1 heterocycles. The molecule has 0 aliphatic rings. The van der Waals surface area contributed by atoms with Gasteiger partial charge in [-0.3, -0.25) is 0 Å². The molecule has 0 saturated carbocycles. The topological polar surface area (TPSA) is 0 Å². The first-order chi connectivity index (χ1) is 3.29. The summed E-state index contributed by atoms with van der Waals surface area (Å²) in [7, 11) is 0.906. The monoisotopic (exact) mass is 271 g/mol. The molecule has 55 valence electrons. The minimum Gasteiger partial charge on any atom is -1.00 e. The van der Waals surface area contributed by atoms with Crippen LogP contribution in [0.15, 0.2) is 5.80 Å². The molecule has 1 unspecified atom stereocenters. The van der Waals surface area contributed by atoms with Crippen LogP contribution in [0.25, 0.3) is 0 Å². The Balaban J connectivity index is -0.000000163. The summed E-state index contributed by atoms with van der Waals surface area (Å²) in [5, 5.41) is 1.39. The molecule has 0 aliphatic carbocycles. The van der Waals surface area contributed by atoms with Gasteiger partial charge in [0.15, 0.2) is 0 Å². The first-order valence-corrected chi connectivity index (χ1v) is 3.40. The normalized spacial score (nSPS) is 7.40. The molecule has 0 nitrogen and oxygen atoms in total. The van der Waals surface area contributed by atoms with E-state index in [0.717, 1.165) is 8.19 Å². The van der Waals surface area contributed by atoms with Crippen molar-refractivity contribution in [3.63, 3.8) is 0 Å². The van der Waals surface area contributed by atoms with Gasteiger partial charge in [0.2, 0.25) is 0 Å². The van der Waals surface area contributed by atoms with E-state index < -0.39 is 0 Å². The molecule has 0 spiro atoms. The zero-order chi connectivity index (χ0) is 5.28. The molecular formula is C6H8Cl2PZr. The third kappa shape index (κ3) is 5.99. The van der Waals surface area contributed by atoms with Crippen LogP contribution in [0.4, 0.5) is 0 Å². The molecule has 1 aromatic heterocycles. The van der Waals surface area contributed by atoms with Gasteiger partial charge >= 0.3 is 26.2 Å². The van der Waals surface area contributed by atoms with Gasteiger partial charge in [0, 0.05) is 0 Å². The second-order valence-corrected chi connectivity index (χ2v) is 3.05. The minimum absolute atomic E-state index is 0. The number of hydrogen-bond donors (Lipinski definition) is 0. The Hall–Kier alpha value is 1.24. The SMILES string of the molecule is Cc1[c-]c(C)[pH]c1.[Cl-].[Cl-].[Zr+3]. The summed E-state index contributed by atoms with van der Waals surface area (Å²) in [5.74, 6) is 2.22. The Labute approximate surface area is 95.2 Å². The Morgan fingerprint density at radius 1 is 1.30 bits per heavy atom. The summed E-state index contributed by atoms with van der Waals surface area (Å²) in [5.41, 5.74) is 1.30. The number of rotatable bonds is 0. The molecule has 0 amide bonds. The van der Waals surface area contributed by atoms with Crippen LogP contribution in [0.5, 0.6) is 0 Å². The summed E-state index contributed by atoms with van der Waals surface area (Å²) in [6.07, 6.45) is 0. The van der Waals surface area contributed by atoms with Crippen molar-refractivity contribution < 1.29 is 51.0 Å². The molecule has 10 heavy (non-hydrogen) atoms. The maximum atomic E-state index is 3.21. The second-order valence-electron chi connectivity index (χ2n) is 1.72. The summed E-state index contributed by atoms with van der Waals surface area (Å²) in [6.45, 7) is 4.20. The molecular weight excluding hydrogens is 265 g/mol. The average Bonchev–Trinajstić information content (AvgIpc) is 1.87. The maximum Gasteiger partial charge on any atom is 3.00 e. The predicted molar refractivity (Wildman–Crippen MR) is 34.3 cm³/mol. The quantitative estimate of drug-likeness (QED) is 0.425. The van der Waals surface area contributed by atoms with E-state index in [4.69, 9.17) is 0 Å². The van der Waals surface area contributed by atoms with Crippen molar-refractivity contribution in [1.29, 1.82) is 0 Å². The third-order valence-corrected chi connectivity index (χ3v) is 2.03. The molecule has 1 rings (SSSR count). The van der Waals surface area contributed by atoms with Crippen molar-refractivity contribution in [3.8, 4) is 0 Å². The molecule has 0 aliphatic heterocycles. The van der Waals surface area contributed by atoms with E-state index in [-0.39, 0.29) is 51.0 Å². The van der Waals surface area contributed by atoms with Crippen molar-refractivity contribution in [1.82, 2.24) is 0 Å². The van der Waals surface area contributed by atoms with Crippen molar-refractivity contribution in [2.45, 2.75) is 13.8 Å². The van der Waals surface area contributed by atoms with Gasteiger partial charge in [0.05, 0.1) is 0 Å². The van der Waals surface area contributed by atoms with Crippen molar-refractivity contribution in [3.05, 3.63) is 22.7 Å². The second kappa shape index (κ2) is 8.34. The van der Waals surface area contributed by atoms with Crippen LogP contribution in [-0.2, 0) is 26.2 Å². The zero-order valence-corrected chi connectivity index (χ0v) is 10.8. The Kier molecular flexibility index (Phi) is 14.5.